The molecule has 0 saturated carbocycles. The van der Waals surface area contributed by atoms with Crippen LogP contribution >= 0.6 is 15.9 Å². The van der Waals surface area contributed by atoms with E-state index in [1.165, 1.54) is 32.1 Å². The van der Waals surface area contributed by atoms with Crippen molar-refractivity contribution in [3.8, 4) is 0 Å². The maximum atomic E-state index is 5.52. The number of hydrogen-bond donors (Lipinski definition) is 0. The Morgan fingerprint density at radius 2 is 1.50 bits per heavy atom. The summed E-state index contributed by atoms with van der Waals surface area (Å²) < 4.78 is 11.0. The number of unbranched alkanes of at least 4 members (excludes halogenated alkanes) is 4. The number of alkyl halides is 1. The zero-order chi connectivity index (χ0) is 13.5. The standard InChI is InChI=1S/C15H29BrO2/c1-3-17-15(18-4-2)13-11-9-7-5-6-8-10-12-14-16/h8,10,15H,3-7,9,11-14H2,1-2H3/b10-8+. The van der Waals surface area contributed by atoms with Crippen molar-refractivity contribution < 1.29 is 9.47 Å². The van der Waals surface area contributed by atoms with Crippen LogP contribution in [0.25, 0.3) is 0 Å². The van der Waals surface area contributed by atoms with E-state index in [1.54, 1.807) is 0 Å². The third-order valence-corrected chi connectivity index (χ3v) is 3.17. The number of hydrogen-bond acceptors (Lipinski definition) is 2. The van der Waals surface area contributed by atoms with Crippen molar-refractivity contribution in [2.75, 3.05) is 18.5 Å². The minimum atomic E-state index is 0.0128. The fourth-order valence-electron chi connectivity index (χ4n) is 1.81. The highest BCUT2D eigenvalue weighted by Crippen LogP contribution is 2.11. The molecule has 18 heavy (non-hydrogen) atoms. The van der Waals surface area contributed by atoms with Gasteiger partial charge in [0.2, 0.25) is 0 Å². The highest BCUT2D eigenvalue weighted by molar-refractivity contribution is 9.09. The molecule has 2 nitrogen and oxygen atoms in total. The van der Waals surface area contributed by atoms with E-state index in [-0.39, 0.29) is 6.29 Å². The molecule has 0 aliphatic heterocycles. The Kier molecular flexibility index (Phi) is 15.3. The molecule has 3 heteroatoms. The first-order valence-electron chi connectivity index (χ1n) is 7.29. The van der Waals surface area contributed by atoms with E-state index in [4.69, 9.17) is 9.47 Å². The van der Waals surface area contributed by atoms with E-state index in [0.29, 0.717) is 0 Å². The molecule has 0 fully saturated rings. The van der Waals surface area contributed by atoms with Gasteiger partial charge >= 0.3 is 0 Å². The van der Waals surface area contributed by atoms with Gasteiger partial charge in [-0.2, -0.15) is 0 Å². The molecule has 108 valence electrons. The lowest BCUT2D eigenvalue weighted by Crippen LogP contribution is -2.17. The van der Waals surface area contributed by atoms with E-state index in [0.717, 1.165) is 31.4 Å². The molecule has 0 rings (SSSR count). The molecular formula is C15H29BrO2. The lowest BCUT2D eigenvalue weighted by molar-refractivity contribution is -0.140. The Balaban J connectivity index is 3.31. The van der Waals surface area contributed by atoms with Gasteiger partial charge in [0.1, 0.15) is 0 Å². The molecule has 0 aliphatic carbocycles. The monoisotopic (exact) mass is 320 g/mol. The molecular weight excluding hydrogens is 292 g/mol. The van der Waals surface area contributed by atoms with Crippen molar-refractivity contribution in [3.05, 3.63) is 12.2 Å². The minimum absolute atomic E-state index is 0.0128. The summed E-state index contributed by atoms with van der Waals surface area (Å²) in [5.74, 6) is 0. The SMILES string of the molecule is CCOC(CCCCCC/C=C/CCBr)OCC. The molecule has 0 bridgehead atoms. The Morgan fingerprint density at radius 1 is 0.889 bits per heavy atom. The molecule has 0 amide bonds. The molecule has 0 N–H and O–H groups in total. The van der Waals surface area contributed by atoms with Crippen molar-refractivity contribution >= 4 is 15.9 Å². The predicted octanol–water partition coefficient (Wildman–Crippen LogP) is 5.07. The van der Waals surface area contributed by atoms with E-state index >= 15 is 0 Å². The molecule has 0 aromatic rings. The smallest absolute Gasteiger partial charge is 0.157 e. The average molecular weight is 321 g/mol. The normalized spacial score (nSPS) is 11.8. The zero-order valence-electron chi connectivity index (χ0n) is 12.0. The topological polar surface area (TPSA) is 18.5 Å². The lowest BCUT2D eigenvalue weighted by Gasteiger charge is -2.16. The Morgan fingerprint density at radius 3 is 2.11 bits per heavy atom. The summed E-state index contributed by atoms with van der Waals surface area (Å²) in [6.45, 7) is 5.52. The van der Waals surface area contributed by atoms with Crippen LogP contribution in [0.4, 0.5) is 0 Å². The molecule has 0 aromatic carbocycles. The summed E-state index contributed by atoms with van der Waals surface area (Å²) >= 11 is 3.42. The summed E-state index contributed by atoms with van der Waals surface area (Å²) in [6.07, 6.45) is 13.0. The van der Waals surface area contributed by atoms with Crippen LogP contribution < -0.4 is 0 Å². The van der Waals surface area contributed by atoms with E-state index < -0.39 is 0 Å². The number of ether oxygens (including phenoxy) is 2. The molecule has 0 atom stereocenters. The van der Waals surface area contributed by atoms with Gasteiger partial charge in [0, 0.05) is 18.5 Å². The van der Waals surface area contributed by atoms with Crippen molar-refractivity contribution in [1.29, 1.82) is 0 Å². The number of halogens is 1. The van der Waals surface area contributed by atoms with Crippen LogP contribution in [-0.2, 0) is 9.47 Å². The second-order valence-corrected chi connectivity index (χ2v) is 5.07. The second-order valence-electron chi connectivity index (χ2n) is 4.28. The molecule has 0 heterocycles. The summed E-state index contributed by atoms with van der Waals surface area (Å²) in [6, 6.07) is 0. The first-order chi connectivity index (χ1) is 8.85. The summed E-state index contributed by atoms with van der Waals surface area (Å²) in [4.78, 5) is 0. The quantitative estimate of drug-likeness (QED) is 0.204. The number of allylic oxidation sites excluding steroid dienone is 2. The van der Waals surface area contributed by atoms with Crippen molar-refractivity contribution in [2.45, 2.75) is 65.1 Å². The van der Waals surface area contributed by atoms with Crippen LogP contribution in [0, 0.1) is 0 Å². The predicted molar refractivity (Wildman–Crippen MR) is 82.3 cm³/mol. The summed E-state index contributed by atoms with van der Waals surface area (Å²) in [5, 5.41) is 1.07. The first kappa shape index (κ1) is 18.1. The molecule has 0 unspecified atom stereocenters. The fourth-order valence-corrected chi connectivity index (χ4v) is 2.08. The van der Waals surface area contributed by atoms with Gasteiger partial charge in [-0.25, -0.2) is 0 Å². The highest BCUT2D eigenvalue weighted by atomic mass is 79.9. The molecule has 0 aromatic heterocycles. The van der Waals surface area contributed by atoms with E-state index in [2.05, 4.69) is 28.1 Å². The fraction of sp³-hybridized carbons (Fsp3) is 0.867. The second kappa shape index (κ2) is 15.2. The molecule has 0 aliphatic rings. The van der Waals surface area contributed by atoms with Gasteiger partial charge in [-0.3, -0.25) is 0 Å². The highest BCUT2D eigenvalue weighted by Gasteiger charge is 2.06. The third-order valence-electron chi connectivity index (χ3n) is 2.71. The van der Waals surface area contributed by atoms with Gasteiger partial charge in [-0.15, -0.1) is 0 Å². The van der Waals surface area contributed by atoms with Crippen LogP contribution in [0.15, 0.2) is 12.2 Å². The molecule has 0 saturated heterocycles. The van der Waals surface area contributed by atoms with Gasteiger partial charge in [0.25, 0.3) is 0 Å². The zero-order valence-corrected chi connectivity index (χ0v) is 13.6. The van der Waals surface area contributed by atoms with Gasteiger partial charge in [0.05, 0.1) is 0 Å². The van der Waals surface area contributed by atoms with Gasteiger partial charge in [-0.1, -0.05) is 40.9 Å². The Bertz CT molecular complexity index is 177. The molecule has 0 spiro atoms. The van der Waals surface area contributed by atoms with Crippen molar-refractivity contribution in [2.24, 2.45) is 0 Å². The van der Waals surface area contributed by atoms with Crippen LogP contribution in [0.5, 0.6) is 0 Å². The van der Waals surface area contributed by atoms with Crippen molar-refractivity contribution in [3.63, 3.8) is 0 Å². The number of rotatable bonds is 13. The van der Waals surface area contributed by atoms with Crippen molar-refractivity contribution in [1.82, 2.24) is 0 Å². The largest absolute Gasteiger partial charge is 0.353 e. The van der Waals surface area contributed by atoms with Crippen LogP contribution in [0.3, 0.4) is 0 Å². The Hall–Kier alpha value is 0.140. The van der Waals surface area contributed by atoms with Gasteiger partial charge in [-0.05, 0) is 46.0 Å². The van der Waals surface area contributed by atoms with E-state index in [1.807, 2.05) is 13.8 Å². The van der Waals surface area contributed by atoms with Gasteiger partial charge in [0.15, 0.2) is 6.29 Å². The molecule has 0 radical (unpaired) electrons. The maximum Gasteiger partial charge on any atom is 0.157 e. The third kappa shape index (κ3) is 12.6. The summed E-state index contributed by atoms with van der Waals surface area (Å²) in [5.41, 5.74) is 0. The van der Waals surface area contributed by atoms with Crippen LogP contribution in [0.1, 0.15) is 58.8 Å². The van der Waals surface area contributed by atoms with Crippen LogP contribution in [-0.4, -0.2) is 24.8 Å². The minimum Gasteiger partial charge on any atom is -0.353 e. The maximum absolute atomic E-state index is 5.52. The van der Waals surface area contributed by atoms with Crippen LogP contribution in [0.2, 0.25) is 0 Å². The Labute approximate surface area is 121 Å². The lowest BCUT2D eigenvalue weighted by atomic mass is 10.1. The van der Waals surface area contributed by atoms with Gasteiger partial charge < -0.3 is 9.47 Å². The van der Waals surface area contributed by atoms with E-state index in [9.17, 15) is 0 Å². The summed E-state index contributed by atoms with van der Waals surface area (Å²) in [7, 11) is 0. The first-order valence-corrected chi connectivity index (χ1v) is 8.41. The average Bonchev–Trinajstić information content (AvgIpc) is 2.37.